The zero-order valence-electron chi connectivity index (χ0n) is 9.81. The van der Waals surface area contributed by atoms with E-state index >= 15 is 0 Å². The molecular formula is C8H8Cl3N9. The van der Waals surface area contributed by atoms with E-state index in [1.54, 1.807) is 0 Å². The zero-order chi connectivity index (χ0) is 14.5. The predicted octanol–water partition coefficient (Wildman–Crippen LogP) is 1.12. The van der Waals surface area contributed by atoms with Crippen molar-refractivity contribution in [1.82, 2.24) is 30.8 Å². The minimum Gasteiger partial charge on any atom is -0.393 e. The van der Waals surface area contributed by atoms with Gasteiger partial charge in [0.25, 0.3) is 0 Å². The molecule has 106 valence electrons. The Balaban J connectivity index is 1.88. The number of anilines is 3. The van der Waals surface area contributed by atoms with Gasteiger partial charge in [0.2, 0.25) is 0 Å². The van der Waals surface area contributed by atoms with E-state index in [1.807, 2.05) is 0 Å². The van der Waals surface area contributed by atoms with Crippen LogP contribution in [0.2, 0.25) is 15.3 Å². The van der Waals surface area contributed by atoms with Crippen molar-refractivity contribution < 1.29 is 0 Å². The average molecular weight is 337 g/mol. The minimum atomic E-state index is 0.0770. The van der Waals surface area contributed by atoms with Gasteiger partial charge in [-0.3, -0.25) is 0 Å². The summed E-state index contributed by atoms with van der Waals surface area (Å²) in [5.74, 6) is 0.678. The highest BCUT2D eigenvalue weighted by Crippen LogP contribution is 2.24. The number of halogens is 3. The molecule has 12 heteroatoms. The quantitative estimate of drug-likeness (QED) is 0.688. The molecule has 0 aliphatic carbocycles. The number of nitrogens with one attached hydrogen (secondary N) is 2. The van der Waals surface area contributed by atoms with Gasteiger partial charge in [-0.15, -0.1) is 20.4 Å². The standard InChI is InChI=1S/C8H8Cl3N9/c9-3-5(10)15-19-17-7(3)13-1-2-14-8-4(12)6(11)16-20-18-8/h1-2H2,(H2,12,20)(H,13,15,17)(H,14,16,18). The maximum absolute atomic E-state index is 5.89. The highest BCUT2D eigenvalue weighted by molar-refractivity contribution is 6.42. The molecule has 0 bridgehead atoms. The van der Waals surface area contributed by atoms with Crippen molar-refractivity contribution in [3.63, 3.8) is 0 Å². The highest BCUT2D eigenvalue weighted by Gasteiger charge is 2.09. The van der Waals surface area contributed by atoms with Crippen molar-refractivity contribution >= 4 is 52.1 Å². The molecule has 20 heavy (non-hydrogen) atoms. The summed E-state index contributed by atoms with van der Waals surface area (Å²) in [6.45, 7) is 0.910. The summed E-state index contributed by atoms with van der Waals surface area (Å²) in [5, 5.41) is 27.5. The summed E-state index contributed by atoms with van der Waals surface area (Å²) >= 11 is 17.3. The second-order valence-electron chi connectivity index (χ2n) is 3.44. The Hall–Kier alpha value is -1.71. The van der Waals surface area contributed by atoms with Gasteiger partial charge in [-0.2, -0.15) is 0 Å². The molecule has 0 saturated heterocycles. The van der Waals surface area contributed by atoms with Gasteiger partial charge in [-0.05, 0) is 10.4 Å². The van der Waals surface area contributed by atoms with Crippen LogP contribution in [0.3, 0.4) is 0 Å². The monoisotopic (exact) mass is 335 g/mol. The molecule has 0 aliphatic heterocycles. The molecule has 0 atom stereocenters. The fraction of sp³-hybridized carbons (Fsp3) is 0.250. The van der Waals surface area contributed by atoms with E-state index in [1.165, 1.54) is 0 Å². The van der Waals surface area contributed by atoms with E-state index in [-0.39, 0.29) is 21.0 Å². The van der Waals surface area contributed by atoms with E-state index in [4.69, 9.17) is 40.5 Å². The molecule has 2 rings (SSSR count). The third-order valence-corrected chi connectivity index (χ3v) is 3.13. The third kappa shape index (κ3) is 3.44. The van der Waals surface area contributed by atoms with Gasteiger partial charge < -0.3 is 16.4 Å². The van der Waals surface area contributed by atoms with Crippen LogP contribution in [0.5, 0.6) is 0 Å². The number of hydrogen-bond acceptors (Lipinski definition) is 9. The molecule has 0 fully saturated rings. The second kappa shape index (κ2) is 6.64. The van der Waals surface area contributed by atoms with Crippen molar-refractivity contribution in [2.75, 3.05) is 29.5 Å². The largest absolute Gasteiger partial charge is 0.393 e. The van der Waals surface area contributed by atoms with E-state index in [9.17, 15) is 0 Å². The number of nitrogen functional groups attached to an aromatic ring is 1. The molecule has 4 N–H and O–H groups in total. The van der Waals surface area contributed by atoms with Gasteiger partial charge >= 0.3 is 0 Å². The predicted molar refractivity (Wildman–Crippen MR) is 76.1 cm³/mol. The number of nitrogens with two attached hydrogens (primary N) is 1. The van der Waals surface area contributed by atoms with Crippen LogP contribution < -0.4 is 16.4 Å². The molecule has 9 nitrogen and oxygen atoms in total. The van der Waals surface area contributed by atoms with E-state index in [0.29, 0.717) is 24.7 Å². The summed E-state index contributed by atoms with van der Waals surface area (Å²) < 4.78 is 0. The van der Waals surface area contributed by atoms with Crippen LogP contribution >= 0.6 is 34.8 Å². The molecule has 0 aliphatic rings. The Morgan fingerprint density at radius 3 is 2.05 bits per heavy atom. The lowest BCUT2D eigenvalue weighted by molar-refractivity contribution is 0.855. The molecule has 2 aromatic heterocycles. The Morgan fingerprint density at radius 2 is 1.35 bits per heavy atom. The van der Waals surface area contributed by atoms with E-state index < -0.39 is 0 Å². The smallest absolute Gasteiger partial charge is 0.180 e. The zero-order valence-corrected chi connectivity index (χ0v) is 12.1. The first-order valence-electron chi connectivity index (χ1n) is 5.26. The van der Waals surface area contributed by atoms with Crippen LogP contribution in [-0.4, -0.2) is 43.9 Å². The Morgan fingerprint density at radius 1 is 0.800 bits per heavy atom. The fourth-order valence-corrected chi connectivity index (χ4v) is 1.60. The Kier molecular flexibility index (Phi) is 4.88. The van der Waals surface area contributed by atoms with Gasteiger partial charge in [0, 0.05) is 13.1 Å². The summed E-state index contributed by atoms with van der Waals surface area (Å²) in [6, 6.07) is 0. The van der Waals surface area contributed by atoms with Crippen molar-refractivity contribution in [1.29, 1.82) is 0 Å². The summed E-state index contributed by atoms with van der Waals surface area (Å²) in [7, 11) is 0. The van der Waals surface area contributed by atoms with Gasteiger partial charge in [-0.1, -0.05) is 34.8 Å². The molecule has 2 aromatic rings. The maximum Gasteiger partial charge on any atom is 0.180 e. The normalized spacial score (nSPS) is 10.3. The molecule has 0 aromatic carbocycles. The Labute approximate surface area is 128 Å². The number of aromatic nitrogens is 6. The molecule has 0 unspecified atom stereocenters. The van der Waals surface area contributed by atoms with Crippen LogP contribution in [0.15, 0.2) is 0 Å². The number of hydrogen-bond donors (Lipinski definition) is 3. The van der Waals surface area contributed by atoms with E-state index in [0.717, 1.165) is 0 Å². The van der Waals surface area contributed by atoms with E-state index in [2.05, 4.69) is 41.5 Å². The van der Waals surface area contributed by atoms with Crippen LogP contribution in [0, 0.1) is 0 Å². The van der Waals surface area contributed by atoms with Crippen LogP contribution in [-0.2, 0) is 0 Å². The average Bonchev–Trinajstić information content (AvgIpc) is 2.43. The minimum absolute atomic E-state index is 0.0770. The summed E-state index contributed by atoms with van der Waals surface area (Å²) in [4.78, 5) is 0. The first-order chi connectivity index (χ1) is 9.59. The van der Waals surface area contributed by atoms with Gasteiger partial charge in [0.1, 0.15) is 10.7 Å². The topological polar surface area (TPSA) is 127 Å². The van der Waals surface area contributed by atoms with Crippen molar-refractivity contribution in [3.05, 3.63) is 15.3 Å². The molecule has 2 heterocycles. The number of nitrogens with zero attached hydrogens (tertiary/aromatic N) is 6. The first kappa shape index (κ1) is 14.7. The van der Waals surface area contributed by atoms with Crippen LogP contribution in [0.4, 0.5) is 17.3 Å². The van der Waals surface area contributed by atoms with Crippen molar-refractivity contribution in [2.45, 2.75) is 0 Å². The maximum atomic E-state index is 5.89. The van der Waals surface area contributed by atoms with Crippen LogP contribution in [0.25, 0.3) is 0 Å². The lowest BCUT2D eigenvalue weighted by atomic mass is 10.4. The molecule has 0 amide bonds. The van der Waals surface area contributed by atoms with Gasteiger partial charge in [-0.25, -0.2) is 0 Å². The summed E-state index contributed by atoms with van der Waals surface area (Å²) in [6.07, 6.45) is 0. The van der Waals surface area contributed by atoms with Gasteiger partial charge in [0.05, 0.1) is 0 Å². The molecule has 0 saturated carbocycles. The van der Waals surface area contributed by atoms with Crippen molar-refractivity contribution in [2.24, 2.45) is 0 Å². The lowest BCUT2D eigenvalue weighted by Gasteiger charge is -2.09. The number of rotatable bonds is 5. The lowest BCUT2D eigenvalue weighted by Crippen LogP contribution is -2.17. The molecule has 0 spiro atoms. The highest BCUT2D eigenvalue weighted by atomic mass is 35.5. The van der Waals surface area contributed by atoms with Gasteiger partial charge in [0.15, 0.2) is 21.9 Å². The first-order valence-corrected chi connectivity index (χ1v) is 6.39. The SMILES string of the molecule is Nc1c(Cl)nnnc1NCCNc1nnnc(Cl)c1Cl. The Bertz CT molecular complexity index is 554. The van der Waals surface area contributed by atoms with Crippen molar-refractivity contribution in [3.8, 4) is 0 Å². The molecule has 0 radical (unpaired) electrons. The van der Waals surface area contributed by atoms with Crippen LogP contribution in [0.1, 0.15) is 0 Å². The third-order valence-electron chi connectivity index (χ3n) is 2.13. The molecular weight excluding hydrogens is 329 g/mol. The fourth-order valence-electron chi connectivity index (χ4n) is 1.21. The second-order valence-corrected chi connectivity index (χ2v) is 4.53. The summed E-state index contributed by atoms with van der Waals surface area (Å²) in [5.41, 5.74) is 5.90.